The molecule has 2 unspecified atom stereocenters. The zero-order valence-electron chi connectivity index (χ0n) is 14.9. The summed E-state index contributed by atoms with van der Waals surface area (Å²) in [5.41, 5.74) is 3.49. The van der Waals surface area contributed by atoms with Crippen molar-refractivity contribution < 1.29 is 9.90 Å². The summed E-state index contributed by atoms with van der Waals surface area (Å²) >= 11 is 1.84. The zero-order chi connectivity index (χ0) is 18.5. The molecule has 2 aromatic rings. The van der Waals surface area contributed by atoms with Gasteiger partial charge in [-0.1, -0.05) is 25.8 Å². The lowest BCUT2D eigenvalue weighted by Gasteiger charge is -2.33. The van der Waals surface area contributed by atoms with Crippen LogP contribution >= 0.6 is 11.8 Å². The van der Waals surface area contributed by atoms with Crippen LogP contribution in [0.3, 0.4) is 0 Å². The van der Waals surface area contributed by atoms with Crippen LogP contribution in [0.5, 0.6) is 0 Å². The van der Waals surface area contributed by atoms with Gasteiger partial charge >= 0.3 is 5.97 Å². The first-order valence-corrected chi connectivity index (χ1v) is 10.0. The van der Waals surface area contributed by atoms with Crippen LogP contribution in [0.25, 0.3) is 0 Å². The minimum absolute atomic E-state index is 0.334. The Labute approximate surface area is 159 Å². The third-order valence-electron chi connectivity index (χ3n) is 5.08. The van der Waals surface area contributed by atoms with Crippen LogP contribution < -0.4 is 0 Å². The lowest BCUT2D eigenvalue weighted by Crippen LogP contribution is -2.19. The van der Waals surface area contributed by atoms with E-state index in [2.05, 4.69) is 13.0 Å². The van der Waals surface area contributed by atoms with Gasteiger partial charge in [-0.15, -0.1) is 11.8 Å². The average Bonchev–Trinajstić information content (AvgIpc) is 2.67. The average molecular weight is 365 g/mol. The number of carboxylic acid groups (broad SMARTS) is 1. The van der Waals surface area contributed by atoms with Crippen LogP contribution in [-0.4, -0.2) is 11.1 Å². The molecule has 3 nitrogen and oxygen atoms in total. The summed E-state index contributed by atoms with van der Waals surface area (Å²) in [6, 6.07) is 15.5. The second kappa shape index (κ2) is 8.42. The lowest BCUT2D eigenvalue weighted by atomic mass is 9.80. The molecule has 0 saturated carbocycles. The van der Waals surface area contributed by atoms with Gasteiger partial charge in [0.25, 0.3) is 0 Å². The van der Waals surface area contributed by atoms with Crippen molar-refractivity contribution in [1.82, 2.24) is 0 Å². The number of nitriles is 1. The van der Waals surface area contributed by atoms with Gasteiger partial charge in [-0.2, -0.15) is 5.26 Å². The largest absolute Gasteiger partial charge is 0.478 e. The molecule has 1 aliphatic rings. The van der Waals surface area contributed by atoms with Crippen molar-refractivity contribution in [3.05, 3.63) is 64.7 Å². The Kier molecular flexibility index (Phi) is 6.00. The molecule has 0 amide bonds. The molecular formula is C22H23NO2S. The Morgan fingerprint density at radius 1 is 1.27 bits per heavy atom. The summed E-state index contributed by atoms with van der Waals surface area (Å²) in [6.07, 6.45) is 5.66. The maximum absolute atomic E-state index is 11.3. The summed E-state index contributed by atoms with van der Waals surface area (Å²) < 4.78 is 0. The van der Waals surface area contributed by atoms with E-state index in [1.165, 1.54) is 30.4 Å². The Morgan fingerprint density at radius 3 is 2.69 bits per heavy atom. The second-order valence-corrected chi connectivity index (χ2v) is 8.05. The molecule has 0 fully saturated rings. The molecule has 0 aliphatic heterocycles. The van der Waals surface area contributed by atoms with E-state index in [0.717, 1.165) is 17.7 Å². The number of aromatic carboxylic acids is 1. The minimum atomic E-state index is -0.864. The van der Waals surface area contributed by atoms with Crippen LogP contribution in [0.15, 0.2) is 47.4 Å². The van der Waals surface area contributed by atoms with Gasteiger partial charge in [-0.25, -0.2) is 4.79 Å². The molecule has 0 heterocycles. The number of fused-ring (bicyclic) bond motifs is 1. The van der Waals surface area contributed by atoms with Gasteiger partial charge in [0.2, 0.25) is 0 Å². The first kappa shape index (κ1) is 18.5. The van der Waals surface area contributed by atoms with Crippen molar-refractivity contribution >= 4 is 17.7 Å². The van der Waals surface area contributed by atoms with Gasteiger partial charge in [0.05, 0.1) is 17.2 Å². The van der Waals surface area contributed by atoms with Gasteiger partial charge in [0.1, 0.15) is 0 Å². The smallest absolute Gasteiger partial charge is 0.335 e. The molecule has 0 bridgehead atoms. The zero-order valence-corrected chi connectivity index (χ0v) is 15.8. The monoisotopic (exact) mass is 365 g/mol. The van der Waals surface area contributed by atoms with Crippen LogP contribution in [0.4, 0.5) is 0 Å². The van der Waals surface area contributed by atoms with E-state index in [9.17, 15) is 9.90 Å². The fourth-order valence-corrected chi connectivity index (χ4v) is 5.06. The number of hydrogen-bond donors (Lipinski definition) is 1. The molecule has 2 atom stereocenters. The van der Waals surface area contributed by atoms with Crippen molar-refractivity contribution in [1.29, 1.82) is 5.26 Å². The molecular weight excluding hydrogens is 342 g/mol. The molecule has 0 radical (unpaired) electrons. The highest BCUT2D eigenvalue weighted by Gasteiger charge is 2.30. The number of unbranched alkanes of at least 4 members (excludes halogenated alkanes) is 1. The Morgan fingerprint density at radius 2 is 2.04 bits per heavy atom. The number of rotatable bonds is 6. The Bertz CT molecular complexity index is 823. The molecule has 26 heavy (non-hydrogen) atoms. The summed E-state index contributed by atoms with van der Waals surface area (Å²) in [6.45, 7) is 2.22. The van der Waals surface area contributed by atoms with Gasteiger partial charge in [-0.3, -0.25) is 0 Å². The molecule has 2 aromatic carbocycles. The van der Waals surface area contributed by atoms with Crippen molar-refractivity contribution in [3.8, 4) is 6.07 Å². The third kappa shape index (κ3) is 4.11. The predicted molar refractivity (Wildman–Crippen MR) is 104 cm³/mol. The van der Waals surface area contributed by atoms with E-state index in [1.807, 2.05) is 48.2 Å². The normalized spacial score (nSPS) is 18.8. The fourth-order valence-electron chi connectivity index (χ4n) is 3.66. The van der Waals surface area contributed by atoms with Gasteiger partial charge in [0.15, 0.2) is 0 Å². The van der Waals surface area contributed by atoms with E-state index >= 15 is 0 Å². The van der Waals surface area contributed by atoms with Crippen molar-refractivity contribution in [2.24, 2.45) is 5.92 Å². The van der Waals surface area contributed by atoms with Crippen molar-refractivity contribution in [3.63, 3.8) is 0 Å². The van der Waals surface area contributed by atoms with Crippen LogP contribution in [0.1, 0.15) is 64.9 Å². The topological polar surface area (TPSA) is 61.1 Å². The predicted octanol–water partition coefficient (Wildman–Crippen LogP) is 5.84. The highest BCUT2D eigenvalue weighted by Crippen LogP contribution is 2.48. The van der Waals surface area contributed by atoms with Gasteiger partial charge in [-0.05, 0) is 72.7 Å². The maximum atomic E-state index is 11.3. The lowest BCUT2D eigenvalue weighted by molar-refractivity contribution is 0.0696. The summed E-state index contributed by atoms with van der Waals surface area (Å²) in [4.78, 5) is 12.5. The first-order valence-electron chi connectivity index (χ1n) is 9.15. The number of carbonyl (C=O) groups is 1. The van der Waals surface area contributed by atoms with E-state index < -0.39 is 5.97 Å². The standard InChI is InChI=1S/C22H23NO2S/c1-2-3-4-16-7-8-17-13-18(22(24)25)9-12-20(17)21(16)26-19-10-5-15(14-23)6-11-19/h5-6,9-13,16,21H,2-4,7-8H2,1H3,(H,24,25). The Balaban J connectivity index is 1.91. The van der Waals surface area contributed by atoms with Gasteiger partial charge in [0, 0.05) is 10.1 Å². The van der Waals surface area contributed by atoms with Crippen molar-refractivity contribution in [2.45, 2.75) is 49.2 Å². The van der Waals surface area contributed by atoms with Crippen LogP contribution in [0.2, 0.25) is 0 Å². The summed E-state index contributed by atoms with van der Waals surface area (Å²) in [7, 11) is 0. The molecule has 3 rings (SSSR count). The number of hydrogen-bond acceptors (Lipinski definition) is 3. The summed E-state index contributed by atoms with van der Waals surface area (Å²) in [5.74, 6) is -0.268. The van der Waals surface area contributed by atoms with E-state index in [0.29, 0.717) is 22.3 Å². The minimum Gasteiger partial charge on any atom is -0.478 e. The van der Waals surface area contributed by atoms with E-state index in [4.69, 9.17) is 5.26 Å². The van der Waals surface area contributed by atoms with Gasteiger partial charge < -0.3 is 5.11 Å². The van der Waals surface area contributed by atoms with Crippen molar-refractivity contribution in [2.75, 3.05) is 0 Å². The van der Waals surface area contributed by atoms with Crippen LogP contribution in [-0.2, 0) is 6.42 Å². The number of carboxylic acids is 1. The number of nitrogens with zero attached hydrogens (tertiary/aromatic N) is 1. The highest BCUT2D eigenvalue weighted by atomic mass is 32.2. The third-order valence-corrected chi connectivity index (χ3v) is 6.52. The number of aryl methyl sites for hydroxylation is 1. The Hall–Kier alpha value is -2.25. The molecule has 0 aromatic heterocycles. The highest BCUT2D eigenvalue weighted by molar-refractivity contribution is 7.99. The number of thioether (sulfide) groups is 1. The SMILES string of the molecule is CCCCC1CCc2cc(C(=O)O)ccc2C1Sc1ccc(C#N)cc1. The second-order valence-electron chi connectivity index (χ2n) is 6.83. The molecule has 1 N–H and O–H groups in total. The first-order chi connectivity index (χ1) is 12.6. The molecule has 4 heteroatoms. The fraction of sp³-hybridized carbons (Fsp3) is 0.364. The van der Waals surface area contributed by atoms with E-state index in [-0.39, 0.29) is 0 Å². The quantitative estimate of drug-likeness (QED) is 0.698. The molecule has 134 valence electrons. The molecule has 1 aliphatic carbocycles. The van der Waals surface area contributed by atoms with Crippen LogP contribution in [0, 0.1) is 17.2 Å². The van der Waals surface area contributed by atoms with E-state index in [1.54, 1.807) is 6.07 Å². The summed E-state index contributed by atoms with van der Waals surface area (Å²) in [5, 5.41) is 18.6. The molecule has 0 saturated heterocycles. The number of benzene rings is 2. The molecule has 0 spiro atoms. The maximum Gasteiger partial charge on any atom is 0.335 e.